The Morgan fingerprint density at radius 3 is 2.17 bits per heavy atom. The van der Waals surface area contributed by atoms with Crippen molar-refractivity contribution in [2.45, 2.75) is 0 Å². The Morgan fingerprint density at radius 2 is 2.17 bits per heavy atom. The average Bonchev–Trinajstić information content (AvgIpc) is 1.35. The van der Waals surface area contributed by atoms with Crippen molar-refractivity contribution < 1.29 is 4.90 Å². The van der Waals surface area contributed by atoms with Crippen molar-refractivity contribution in [1.29, 1.82) is 0 Å². The molecule has 6 heavy (non-hydrogen) atoms. The molecule has 0 aromatic heterocycles. The highest BCUT2D eigenvalue weighted by Crippen LogP contribution is 1.41. The third-order valence-corrected chi connectivity index (χ3v) is 0.395. The molecule has 0 bridgehead atoms. The van der Waals surface area contributed by atoms with Crippen molar-refractivity contribution in [3.8, 4) is 0 Å². The van der Waals surface area contributed by atoms with E-state index in [1.165, 1.54) is 4.90 Å². The van der Waals surface area contributed by atoms with Gasteiger partial charge in [-0.2, -0.15) is 0 Å². The predicted octanol–water partition coefficient (Wildman–Crippen LogP) is -0.992. The first-order chi connectivity index (χ1) is 2.77. The van der Waals surface area contributed by atoms with E-state index in [0.717, 1.165) is 0 Å². The molecule has 0 heterocycles. The van der Waals surface area contributed by atoms with E-state index in [2.05, 4.69) is 4.85 Å². The third kappa shape index (κ3) is 3.45. The SMILES string of the molecule is [C-]#[N+]C[NH+](C)C. The Balaban J connectivity index is 2.88. The van der Waals surface area contributed by atoms with E-state index in [9.17, 15) is 0 Å². The molecule has 0 aromatic rings. The lowest BCUT2D eigenvalue weighted by atomic mass is 10.9. The molecule has 0 aliphatic heterocycles. The normalized spacial score (nSPS) is 8.33. The van der Waals surface area contributed by atoms with Gasteiger partial charge in [-0.15, -0.1) is 0 Å². The number of hydrogen-bond donors (Lipinski definition) is 1. The topological polar surface area (TPSA) is 8.80 Å². The quantitative estimate of drug-likeness (QED) is 0.391. The highest BCUT2D eigenvalue weighted by molar-refractivity contribution is 4.40. The van der Waals surface area contributed by atoms with Crippen molar-refractivity contribution in [3.63, 3.8) is 0 Å². The lowest BCUT2D eigenvalue weighted by Crippen LogP contribution is -3.05. The molecule has 0 aliphatic rings. The van der Waals surface area contributed by atoms with Gasteiger partial charge in [0, 0.05) is 0 Å². The van der Waals surface area contributed by atoms with Gasteiger partial charge in [-0.3, -0.25) is 9.74 Å². The molecule has 0 rings (SSSR count). The first kappa shape index (κ1) is 5.45. The molecule has 0 saturated carbocycles. The summed E-state index contributed by atoms with van der Waals surface area (Å²) in [6, 6.07) is 0. The molecule has 0 saturated heterocycles. The van der Waals surface area contributed by atoms with Crippen molar-refractivity contribution in [3.05, 3.63) is 11.4 Å². The molecule has 0 aliphatic carbocycles. The smallest absolute Gasteiger partial charge is 0.273 e. The standard InChI is InChI=1S/C4H8N2/c1-5-4-6(2)3/h4H2,2-3H3/p+1. The molecule has 0 aromatic carbocycles. The molecule has 0 atom stereocenters. The molecule has 0 radical (unpaired) electrons. The zero-order valence-electron chi connectivity index (χ0n) is 4.15. The van der Waals surface area contributed by atoms with Crippen LogP contribution in [0.1, 0.15) is 0 Å². The van der Waals surface area contributed by atoms with Gasteiger partial charge < -0.3 is 0 Å². The summed E-state index contributed by atoms with van der Waals surface area (Å²) in [4.78, 5) is 4.33. The monoisotopic (exact) mass is 85.1 g/mol. The van der Waals surface area contributed by atoms with Crippen molar-refractivity contribution in [1.82, 2.24) is 0 Å². The van der Waals surface area contributed by atoms with Gasteiger partial charge in [0.1, 0.15) is 0 Å². The summed E-state index contributed by atoms with van der Waals surface area (Å²) in [6.07, 6.45) is 0. The first-order valence-corrected chi connectivity index (χ1v) is 1.89. The van der Waals surface area contributed by atoms with Crippen molar-refractivity contribution in [2.75, 3.05) is 20.8 Å². The molecule has 2 heteroatoms. The Morgan fingerprint density at radius 1 is 1.67 bits per heavy atom. The van der Waals surface area contributed by atoms with Crippen LogP contribution in [0.5, 0.6) is 0 Å². The molecule has 2 nitrogen and oxygen atoms in total. The van der Waals surface area contributed by atoms with Crippen LogP contribution in [-0.4, -0.2) is 20.8 Å². The third-order valence-electron chi connectivity index (χ3n) is 0.395. The van der Waals surface area contributed by atoms with E-state index in [-0.39, 0.29) is 0 Å². The van der Waals surface area contributed by atoms with Crippen LogP contribution in [0.25, 0.3) is 4.85 Å². The molecule has 0 unspecified atom stereocenters. The van der Waals surface area contributed by atoms with Crippen LogP contribution >= 0.6 is 0 Å². The molecular formula is C4H9N2+. The van der Waals surface area contributed by atoms with E-state index in [1.807, 2.05) is 14.1 Å². The lowest BCUT2D eigenvalue weighted by Gasteiger charge is -1.92. The Kier molecular flexibility index (Phi) is 2.43. The fraction of sp³-hybridized carbons (Fsp3) is 0.750. The highest BCUT2D eigenvalue weighted by atomic mass is 15.1. The minimum Gasteiger partial charge on any atom is -0.273 e. The summed E-state index contributed by atoms with van der Waals surface area (Å²) in [5, 5.41) is 0. The van der Waals surface area contributed by atoms with Gasteiger partial charge >= 0.3 is 6.67 Å². The molecular weight excluding hydrogens is 76.1 g/mol. The maximum atomic E-state index is 6.34. The van der Waals surface area contributed by atoms with Gasteiger partial charge in [-0.25, -0.2) is 6.57 Å². The molecule has 1 N–H and O–H groups in total. The number of nitrogens with one attached hydrogen (secondary N) is 1. The van der Waals surface area contributed by atoms with Crippen molar-refractivity contribution in [2.24, 2.45) is 0 Å². The molecule has 0 fully saturated rings. The van der Waals surface area contributed by atoms with Crippen LogP contribution < -0.4 is 4.90 Å². The second-order valence-corrected chi connectivity index (χ2v) is 1.52. The van der Waals surface area contributed by atoms with Crippen LogP contribution in [0.4, 0.5) is 0 Å². The Bertz CT molecular complexity index is 60.4. The number of nitrogens with zero attached hydrogens (tertiary/aromatic N) is 1. The number of hydrogen-bond acceptors (Lipinski definition) is 0. The second-order valence-electron chi connectivity index (χ2n) is 1.52. The lowest BCUT2D eigenvalue weighted by molar-refractivity contribution is -0.852. The highest BCUT2D eigenvalue weighted by Gasteiger charge is 1.85. The summed E-state index contributed by atoms with van der Waals surface area (Å²) in [5.74, 6) is 0. The maximum Gasteiger partial charge on any atom is 0.337 e. The van der Waals surface area contributed by atoms with E-state index in [1.54, 1.807) is 0 Å². The summed E-state index contributed by atoms with van der Waals surface area (Å²) >= 11 is 0. The van der Waals surface area contributed by atoms with Gasteiger partial charge in [0.05, 0.1) is 14.1 Å². The largest absolute Gasteiger partial charge is 0.337 e. The average molecular weight is 85.1 g/mol. The van der Waals surface area contributed by atoms with E-state index < -0.39 is 0 Å². The Labute approximate surface area is 38.2 Å². The predicted molar refractivity (Wildman–Crippen MR) is 24.3 cm³/mol. The van der Waals surface area contributed by atoms with Gasteiger partial charge in [-0.1, -0.05) is 0 Å². The summed E-state index contributed by atoms with van der Waals surface area (Å²) in [7, 11) is 3.91. The van der Waals surface area contributed by atoms with Gasteiger partial charge in [0.2, 0.25) is 0 Å². The molecule has 34 valence electrons. The number of quaternary nitrogens is 1. The zero-order valence-corrected chi connectivity index (χ0v) is 4.15. The minimum atomic E-state index is 0.583. The minimum absolute atomic E-state index is 0.583. The van der Waals surface area contributed by atoms with E-state index >= 15 is 0 Å². The van der Waals surface area contributed by atoms with E-state index in [4.69, 9.17) is 6.57 Å². The second kappa shape index (κ2) is 2.67. The van der Waals surface area contributed by atoms with Crippen LogP contribution in [0.15, 0.2) is 0 Å². The van der Waals surface area contributed by atoms with Crippen LogP contribution in [0.2, 0.25) is 0 Å². The summed E-state index contributed by atoms with van der Waals surface area (Å²) in [6.45, 7) is 6.92. The maximum absolute atomic E-state index is 6.34. The fourth-order valence-electron chi connectivity index (χ4n) is 0.158. The van der Waals surface area contributed by atoms with Crippen LogP contribution in [0, 0.1) is 6.57 Å². The van der Waals surface area contributed by atoms with Gasteiger partial charge in [-0.05, 0) is 0 Å². The van der Waals surface area contributed by atoms with Crippen molar-refractivity contribution >= 4 is 0 Å². The van der Waals surface area contributed by atoms with Crippen LogP contribution in [0.3, 0.4) is 0 Å². The number of rotatable bonds is 1. The Hall–Kier alpha value is -0.550. The van der Waals surface area contributed by atoms with Gasteiger partial charge in [0.15, 0.2) is 0 Å². The van der Waals surface area contributed by atoms with Gasteiger partial charge in [0.25, 0.3) is 0 Å². The first-order valence-electron chi connectivity index (χ1n) is 1.89. The fourth-order valence-corrected chi connectivity index (χ4v) is 0.158. The summed E-state index contributed by atoms with van der Waals surface area (Å²) in [5.41, 5.74) is 0. The molecule has 0 amide bonds. The van der Waals surface area contributed by atoms with Crippen LogP contribution in [-0.2, 0) is 0 Å². The zero-order chi connectivity index (χ0) is 4.99. The van der Waals surface area contributed by atoms with E-state index in [0.29, 0.717) is 6.67 Å². The summed E-state index contributed by atoms with van der Waals surface area (Å²) < 4.78 is 0. The molecule has 0 spiro atoms.